The minimum absolute atomic E-state index is 0.179. The van der Waals surface area contributed by atoms with Crippen LogP contribution in [0.3, 0.4) is 0 Å². The highest BCUT2D eigenvalue weighted by atomic mass is 19.2. The number of hydrogen-bond acceptors (Lipinski definition) is 3. The van der Waals surface area contributed by atoms with E-state index in [2.05, 4.69) is 4.98 Å². The number of aromatic nitrogens is 2. The molecule has 100 valence electrons. The Kier molecular flexibility index (Phi) is 2.73. The second kappa shape index (κ2) is 4.29. The summed E-state index contributed by atoms with van der Waals surface area (Å²) in [4.78, 5) is 15.9. The zero-order chi connectivity index (χ0) is 13.6. The molecule has 0 spiro atoms. The lowest BCUT2D eigenvalue weighted by atomic mass is 10.1. The van der Waals surface area contributed by atoms with Crippen molar-refractivity contribution >= 4 is 17.0 Å². The molecule has 3 rings (SSSR count). The number of nitrogens with zero attached hydrogens (tertiary/aromatic N) is 2. The number of rotatable bonds is 3. The number of hydrogen-bond donors (Lipinski definition) is 0. The molecule has 0 N–H and O–H groups in total. The van der Waals surface area contributed by atoms with E-state index in [1.54, 1.807) is 4.57 Å². The van der Waals surface area contributed by atoms with Crippen molar-refractivity contribution < 1.29 is 18.3 Å². The number of fused-ring (bicyclic) bond motifs is 1. The normalized spacial score (nSPS) is 16.6. The van der Waals surface area contributed by atoms with Gasteiger partial charge < -0.3 is 9.30 Å². The molecule has 1 unspecified atom stereocenters. The fourth-order valence-corrected chi connectivity index (χ4v) is 2.31. The van der Waals surface area contributed by atoms with Crippen molar-refractivity contribution in [3.8, 4) is 0 Å². The maximum atomic E-state index is 13.3. The zero-order valence-electron chi connectivity index (χ0n) is 10.3. The highest BCUT2D eigenvalue weighted by molar-refractivity contribution is 5.81. The highest BCUT2D eigenvalue weighted by Crippen LogP contribution is 2.41. The summed E-state index contributed by atoms with van der Waals surface area (Å²) in [5.74, 6) is -2.10. The quantitative estimate of drug-likeness (QED) is 0.801. The molecular weight excluding hydrogens is 254 g/mol. The van der Waals surface area contributed by atoms with Gasteiger partial charge in [-0.25, -0.2) is 18.6 Å². The van der Waals surface area contributed by atoms with Gasteiger partial charge in [0.05, 0.1) is 24.5 Å². The predicted octanol–water partition coefficient (Wildman–Crippen LogP) is 2.44. The van der Waals surface area contributed by atoms with Gasteiger partial charge in [0.1, 0.15) is 6.04 Å². The minimum atomic E-state index is -0.950. The molecule has 1 aliphatic carbocycles. The fourth-order valence-electron chi connectivity index (χ4n) is 2.31. The standard InChI is InChI=1S/C13H12F2N2O2/c1-19-13(18)12(7-2-3-7)17-6-16-10-4-8(14)9(15)5-11(10)17/h4-7,12H,2-3H2,1H3. The summed E-state index contributed by atoms with van der Waals surface area (Å²) < 4.78 is 32.8. The number of esters is 1. The lowest BCUT2D eigenvalue weighted by Gasteiger charge is -2.16. The van der Waals surface area contributed by atoms with E-state index in [4.69, 9.17) is 4.74 Å². The molecule has 1 saturated carbocycles. The molecule has 0 amide bonds. The molecule has 19 heavy (non-hydrogen) atoms. The molecule has 0 radical (unpaired) electrons. The Hall–Kier alpha value is -1.98. The van der Waals surface area contributed by atoms with Crippen LogP contribution in [0.15, 0.2) is 18.5 Å². The van der Waals surface area contributed by atoms with Gasteiger partial charge in [-0.2, -0.15) is 0 Å². The van der Waals surface area contributed by atoms with Crippen molar-refractivity contribution in [3.63, 3.8) is 0 Å². The predicted molar refractivity (Wildman–Crippen MR) is 63.4 cm³/mol. The van der Waals surface area contributed by atoms with Crippen LogP contribution in [0.2, 0.25) is 0 Å². The van der Waals surface area contributed by atoms with Crippen LogP contribution < -0.4 is 0 Å². The number of benzene rings is 1. The third-order valence-corrected chi connectivity index (χ3v) is 3.43. The topological polar surface area (TPSA) is 44.1 Å². The van der Waals surface area contributed by atoms with Crippen molar-refractivity contribution in [2.24, 2.45) is 5.92 Å². The van der Waals surface area contributed by atoms with E-state index in [0.29, 0.717) is 11.0 Å². The molecule has 1 heterocycles. The number of carbonyl (C=O) groups is 1. The Morgan fingerprint density at radius 2 is 2.11 bits per heavy atom. The third kappa shape index (κ3) is 1.97. The minimum Gasteiger partial charge on any atom is -0.467 e. The summed E-state index contributed by atoms with van der Waals surface area (Å²) in [6.07, 6.45) is 3.27. The summed E-state index contributed by atoms with van der Waals surface area (Å²) in [5, 5.41) is 0. The lowest BCUT2D eigenvalue weighted by molar-refractivity contribution is -0.145. The van der Waals surface area contributed by atoms with Crippen molar-refractivity contribution in [1.29, 1.82) is 0 Å². The zero-order valence-corrected chi connectivity index (χ0v) is 10.3. The molecule has 0 bridgehead atoms. The van der Waals surface area contributed by atoms with E-state index < -0.39 is 17.7 Å². The molecule has 1 aliphatic rings. The number of halogens is 2. The first-order valence-electron chi connectivity index (χ1n) is 6.01. The average molecular weight is 266 g/mol. The lowest BCUT2D eigenvalue weighted by Crippen LogP contribution is -2.22. The average Bonchev–Trinajstić information content (AvgIpc) is 3.15. The van der Waals surface area contributed by atoms with Gasteiger partial charge in [0.15, 0.2) is 11.6 Å². The fraction of sp³-hybridized carbons (Fsp3) is 0.385. The van der Waals surface area contributed by atoms with Crippen LogP contribution in [0, 0.1) is 17.6 Å². The van der Waals surface area contributed by atoms with E-state index in [1.165, 1.54) is 13.4 Å². The van der Waals surface area contributed by atoms with Crippen molar-refractivity contribution in [1.82, 2.24) is 9.55 Å². The summed E-state index contributed by atoms with van der Waals surface area (Å²) in [7, 11) is 1.32. The van der Waals surface area contributed by atoms with E-state index >= 15 is 0 Å². The van der Waals surface area contributed by atoms with Crippen LogP contribution >= 0.6 is 0 Å². The smallest absolute Gasteiger partial charge is 0.329 e. The highest BCUT2D eigenvalue weighted by Gasteiger charge is 2.39. The largest absolute Gasteiger partial charge is 0.467 e. The Morgan fingerprint density at radius 3 is 2.74 bits per heavy atom. The van der Waals surface area contributed by atoms with Crippen molar-refractivity contribution in [2.45, 2.75) is 18.9 Å². The molecule has 4 nitrogen and oxygen atoms in total. The second-order valence-corrected chi connectivity index (χ2v) is 4.71. The van der Waals surface area contributed by atoms with Crippen LogP contribution in [-0.4, -0.2) is 22.6 Å². The monoisotopic (exact) mass is 266 g/mol. The first-order chi connectivity index (χ1) is 9.11. The summed E-state index contributed by atoms with van der Waals surface area (Å²) in [6.45, 7) is 0. The maximum Gasteiger partial charge on any atom is 0.329 e. The van der Waals surface area contributed by atoms with Crippen LogP contribution in [0.5, 0.6) is 0 Å². The summed E-state index contributed by atoms with van der Waals surface area (Å²) >= 11 is 0. The molecule has 0 saturated heterocycles. The number of ether oxygens (including phenoxy) is 1. The van der Waals surface area contributed by atoms with Gasteiger partial charge in [-0.15, -0.1) is 0 Å². The van der Waals surface area contributed by atoms with Gasteiger partial charge in [0.25, 0.3) is 0 Å². The van der Waals surface area contributed by atoms with Gasteiger partial charge in [0, 0.05) is 12.1 Å². The summed E-state index contributed by atoms with van der Waals surface area (Å²) in [6, 6.07) is 1.58. The molecule has 1 atom stereocenters. The molecular formula is C13H12F2N2O2. The Balaban J connectivity index is 2.13. The first-order valence-corrected chi connectivity index (χ1v) is 6.01. The molecule has 1 fully saturated rings. The number of imidazole rings is 1. The third-order valence-electron chi connectivity index (χ3n) is 3.43. The second-order valence-electron chi connectivity index (χ2n) is 4.71. The first kappa shape index (κ1) is 12.1. The van der Waals surface area contributed by atoms with Crippen LogP contribution in [0.25, 0.3) is 11.0 Å². The SMILES string of the molecule is COC(=O)C(C1CC1)n1cnc2cc(F)c(F)cc21. The molecule has 6 heteroatoms. The van der Waals surface area contributed by atoms with Crippen molar-refractivity contribution in [2.75, 3.05) is 7.11 Å². The number of methoxy groups -OCH3 is 1. The van der Waals surface area contributed by atoms with Gasteiger partial charge in [-0.3, -0.25) is 0 Å². The van der Waals surface area contributed by atoms with E-state index in [1.807, 2.05) is 0 Å². The van der Waals surface area contributed by atoms with E-state index in [0.717, 1.165) is 25.0 Å². The van der Waals surface area contributed by atoms with Gasteiger partial charge in [-0.05, 0) is 18.8 Å². The Bertz CT molecular complexity index is 649. The van der Waals surface area contributed by atoms with Crippen LogP contribution in [-0.2, 0) is 9.53 Å². The Labute approximate surface area is 108 Å². The Morgan fingerprint density at radius 1 is 1.42 bits per heavy atom. The molecule has 0 aliphatic heterocycles. The molecule has 2 aromatic rings. The van der Waals surface area contributed by atoms with Gasteiger partial charge in [0.2, 0.25) is 0 Å². The molecule has 1 aromatic carbocycles. The van der Waals surface area contributed by atoms with Crippen molar-refractivity contribution in [3.05, 3.63) is 30.1 Å². The van der Waals surface area contributed by atoms with Crippen LogP contribution in [0.1, 0.15) is 18.9 Å². The van der Waals surface area contributed by atoms with Gasteiger partial charge in [-0.1, -0.05) is 0 Å². The number of carbonyl (C=O) groups excluding carboxylic acids is 1. The van der Waals surface area contributed by atoms with Gasteiger partial charge >= 0.3 is 5.97 Å². The summed E-state index contributed by atoms with van der Waals surface area (Å²) in [5.41, 5.74) is 0.731. The maximum absolute atomic E-state index is 13.3. The molecule has 1 aromatic heterocycles. The van der Waals surface area contributed by atoms with E-state index in [-0.39, 0.29) is 11.9 Å². The van der Waals surface area contributed by atoms with E-state index in [9.17, 15) is 13.6 Å². The van der Waals surface area contributed by atoms with Crippen LogP contribution in [0.4, 0.5) is 8.78 Å².